The minimum absolute atomic E-state index is 0.0765. The van der Waals surface area contributed by atoms with Crippen molar-refractivity contribution >= 4 is 15.9 Å². The van der Waals surface area contributed by atoms with Crippen LogP contribution in [0.4, 0.5) is 0 Å². The largest absolute Gasteiger partial charge is 0.374 e. The van der Waals surface area contributed by atoms with Crippen LogP contribution in [0.3, 0.4) is 0 Å². The number of ether oxygens (including phenoxy) is 2. The van der Waals surface area contributed by atoms with E-state index in [1.807, 2.05) is 12.1 Å². The Labute approximate surface area is 140 Å². The highest BCUT2D eigenvalue weighted by atomic mass is 32.2. The third kappa shape index (κ3) is 2.37. The summed E-state index contributed by atoms with van der Waals surface area (Å²) in [6.45, 7) is 1.09. The van der Waals surface area contributed by atoms with E-state index in [0.29, 0.717) is 37.0 Å². The van der Waals surface area contributed by atoms with Crippen molar-refractivity contribution in [3.05, 3.63) is 34.9 Å². The zero-order valence-electron chi connectivity index (χ0n) is 13.1. The Bertz CT molecular complexity index is 820. The zero-order chi connectivity index (χ0) is 16.5. The van der Waals surface area contributed by atoms with Gasteiger partial charge in [-0.2, -0.15) is 0 Å². The van der Waals surface area contributed by atoms with E-state index < -0.39 is 15.9 Å². The molecule has 5 atom stereocenters. The predicted molar refractivity (Wildman–Crippen MR) is 84.1 cm³/mol. The number of carbonyl (C=O) groups excluding carboxylic acids is 1. The fourth-order valence-corrected chi connectivity index (χ4v) is 5.66. The lowest BCUT2D eigenvalue weighted by atomic mass is 9.89. The molecule has 2 saturated heterocycles. The van der Waals surface area contributed by atoms with Crippen molar-refractivity contribution < 1.29 is 22.7 Å². The predicted octanol–water partition coefficient (Wildman–Crippen LogP) is 1.09. The lowest BCUT2D eigenvalue weighted by Crippen LogP contribution is -2.40. The Morgan fingerprint density at radius 1 is 1.17 bits per heavy atom. The lowest BCUT2D eigenvalue weighted by molar-refractivity contribution is -0.125. The van der Waals surface area contributed by atoms with Crippen molar-refractivity contribution in [2.45, 2.75) is 44.0 Å². The number of nitrogens with one attached hydrogen (secondary N) is 1. The second-order valence-electron chi connectivity index (χ2n) is 7.37. The van der Waals surface area contributed by atoms with Gasteiger partial charge in [-0.3, -0.25) is 9.52 Å². The third-order valence-electron chi connectivity index (χ3n) is 5.74. The van der Waals surface area contributed by atoms with E-state index in [1.54, 1.807) is 6.07 Å². The Balaban J connectivity index is 1.27. The van der Waals surface area contributed by atoms with E-state index in [4.69, 9.17) is 9.47 Å². The van der Waals surface area contributed by atoms with Crippen LogP contribution in [0.25, 0.3) is 0 Å². The van der Waals surface area contributed by atoms with Crippen LogP contribution in [0, 0.1) is 17.8 Å². The van der Waals surface area contributed by atoms with Gasteiger partial charge >= 0.3 is 0 Å². The molecule has 1 aliphatic carbocycles. The monoisotopic (exact) mass is 349 g/mol. The summed E-state index contributed by atoms with van der Waals surface area (Å²) in [5.74, 6) is 0.169. The summed E-state index contributed by atoms with van der Waals surface area (Å²) in [5, 5.41) is 0. The van der Waals surface area contributed by atoms with Gasteiger partial charge in [0.05, 0.1) is 37.1 Å². The number of sulfonamides is 1. The molecule has 128 valence electrons. The number of hydrogen-bond acceptors (Lipinski definition) is 5. The van der Waals surface area contributed by atoms with Gasteiger partial charge in [0.15, 0.2) is 0 Å². The molecule has 1 N–H and O–H groups in total. The standard InChI is InChI=1S/C17H19NO5S/c19-17(14-5-15-12-4-13(12)16(14)23-15)18-24(20,21)8-9-1-2-10-6-22-7-11(10)3-9/h1-3,12-16H,4-8H2,(H,18,19)/t12-,13+,14-,15+,16+/m1/s1. The molecule has 3 fully saturated rings. The van der Waals surface area contributed by atoms with Gasteiger partial charge in [-0.05, 0) is 41.4 Å². The summed E-state index contributed by atoms with van der Waals surface area (Å²) < 4.78 is 38.1. The molecule has 1 aromatic carbocycles. The molecule has 1 saturated carbocycles. The minimum Gasteiger partial charge on any atom is -0.374 e. The Morgan fingerprint density at radius 3 is 2.79 bits per heavy atom. The highest BCUT2D eigenvalue weighted by Gasteiger charge is 2.64. The number of rotatable bonds is 4. The zero-order valence-corrected chi connectivity index (χ0v) is 13.9. The lowest BCUT2D eigenvalue weighted by Gasteiger charge is -2.18. The molecule has 4 aliphatic rings. The number of fused-ring (bicyclic) bond motifs is 6. The second-order valence-corrected chi connectivity index (χ2v) is 9.09. The summed E-state index contributed by atoms with van der Waals surface area (Å²) in [6.07, 6.45) is 1.87. The van der Waals surface area contributed by atoms with Crippen LogP contribution in [0.2, 0.25) is 0 Å². The normalized spacial score (nSPS) is 35.6. The molecule has 3 aliphatic heterocycles. The summed E-state index contributed by atoms with van der Waals surface area (Å²) in [6, 6.07) is 5.53. The van der Waals surface area contributed by atoms with Crippen LogP contribution in [-0.2, 0) is 43.3 Å². The Hall–Kier alpha value is -1.44. The van der Waals surface area contributed by atoms with E-state index >= 15 is 0 Å². The van der Waals surface area contributed by atoms with E-state index in [0.717, 1.165) is 17.5 Å². The molecule has 7 heteroatoms. The molecule has 3 heterocycles. The highest BCUT2D eigenvalue weighted by Crippen LogP contribution is 2.60. The molecule has 1 aromatic rings. The molecule has 2 bridgehead atoms. The first-order valence-corrected chi connectivity index (χ1v) is 10.0. The smallest absolute Gasteiger partial charge is 0.239 e. The molecular weight excluding hydrogens is 330 g/mol. The van der Waals surface area contributed by atoms with Gasteiger partial charge in [-0.1, -0.05) is 18.2 Å². The average Bonchev–Trinajstić information content (AvgIpc) is 2.91. The van der Waals surface area contributed by atoms with E-state index in [1.165, 1.54) is 0 Å². The van der Waals surface area contributed by atoms with Gasteiger partial charge in [0.2, 0.25) is 15.9 Å². The molecular formula is C17H19NO5S. The van der Waals surface area contributed by atoms with Crippen molar-refractivity contribution in [3.8, 4) is 0 Å². The molecule has 6 nitrogen and oxygen atoms in total. The summed E-state index contributed by atoms with van der Waals surface area (Å²) >= 11 is 0. The van der Waals surface area contributed by atoms with Gasteiger partial charge in [0.1, 0.15) is 0 Å². The maximum Gasteiger partial charge on any atom is 0.239 e. The van der Waals surface area contributed by atoms with Crippen molar-refractivity contribution in [2.75, 3.05) is 0 Å². The quantitative estimate of drug-likeness (QED) is 0.880. The van der Waals surface area contributed by atoms with Crippen molar-refractivity contribution in [1.82, 2.24) is 4.72 Å². The van der Waals surface area contributed by atoms with Crippen molar-refractivity contribution in [3.63, 3.8) is 0 Å². The van der Waals surface area contributed by atoms with Crippen LogP contribution in [-0.4, -0.2) is 26.5 Å². The molecule has 0 spiro atoms. The third-order valence-corrected chi connectivity index (χ3v) is 6.97. The second kappa shape index (κ2) is 5.03. The van der Waals surface area contributed by atoms with E-state index in [2.05, 4.69) is 4.72 Å². The summed E-state index contributed by atoms with van der Waals surface area (Å²) in [5.41, 5.74) is 2.79. The number of hydrogen-bond donors (Lipinski definition) is 1. The fourth-order valence-electron chi connectivity index (χ4n) is 4.51. The Morgan fingerprint density at radius 2 is 2.00 bits per heavy atom. The molecule has 0 aromatic heterocycles. The van der Waals surface area contributed by atoms with Crippen molar-refractivity contribution in [2.24, 2.45) is 17.8 Å². The molecule has 1 amide bonds. The van der Waals surface area contributed by atoms with Gasteiger partial charge in [-0.25, -0.2) is 8.42 Å². The van der Waals surface area contributed by atoms with Crippen LogP contribution in [0.5, 0.6) is 0 Å². The van der Waals surface area contributed by atoms with Crippen LogP contribution in [0.15, 0.2) is 18.2 Å². The first kappa shape index (κ1) is 14.9. The van der Waals surface area contributed by atoms with E-state index in [9.17, 15) is 13.2 Å². The van der Waals surface area contributed by atoms with Gasteiger partial charge in [0.25, 0.3) is 0 Å². The molecule has 5 rings (SSSR count). The number of benzene rings is 1. The Kier molecular flexibility index (Phi) is 3.12. The topological polar surface area (TPSA) is 81.7 Å². The van der Waals surface area contributed by atoms with Crippen LogP contribution >= 0.6 is 0 Å². The van der Waals surface area contributed by atoms with Gasteiger partial charge < -0.3 is 9.47 Å². The summed E-state index contributed by atoms with van der Waals surface area (Å²) in [7, 11) is -3.71. The molecule has 0 radical (unpaired) electrons. The van der Waals surface area contributed by atoms with Crippen molar-refractivity contribution in [1.29, 1.82) is 0 Å². The fraction of sp³-hybridized carbons (Fsp3) is 0.588. The first-order valence-electron chi connectivity index (χ1n) is 8.38. The minimum atomic E-state index is -3.71. The molecule has 0 unspecified atom stereocenters. The SMILES string of the molecule is O=C(NS(=O)(=O)Cc1ccc2c(c1)COC2)[C@@H]1C[C@@H]2O[C@H]1[C@H]1C[C@H]12. The maximum atomic E-state index is 12.4. The van der Waals surface area contributed by atoms with E-state index in [-0.39, 0.29) is 23.9 Å². The highest BCUT2D eigenvalue weighted by molar-refractivity contribution is 7.89. The maximum absolute atomic E-state index is 12.4. The molecule has 24 heavy (non-hydrogen) atoms. The number of carbonyl (C=O) groups is 1. The van der Waals surface area contributed by atoms with Crippen LogP contribution in [0.1, 0.15) is 29.5 Å². The van der Waals surface area contributed by atoms with Crippen LogP contribution < -0.4 is 4.72 Å². The first-order chi connectivity index (χ1) is 11.5. The van der Waals surface area contributed by atoms with Gasteiger partial charge in [0, 0.05) is 0 Å². The summed E-state index contributed by atoms with van der Waals surface area (Å²) in [4.78, 5) is 12.4. The average molecular weight is 349 g/mol. The number of amides is 1. The van der Waals surface area contributed by atoms with Gasteiger partial charge in [-0.15, -0.1) is 0 Å².